The maximum absolute atomic E-state index is 13.6. The van der Waals surface area contributed by atoms with Crippen molar-refractivity contribution in [3.8, 4) is 0 Å². The van der Waals surface area contributed by atoms with Crippen LogP contribution >= 0.6 is 0 Å². The summed E-state index contributed by atoms with van der Waals surface area (Å²) in [7, 11) is 0. The maximum Gasteiger partial charge on any atom is 0.276 e. The number of likely N-dealkylation sites (tertiary alicyclic amines) is 1. The molecule has 2 amide bonds. The van der Waals surface area contributed by atoms with Gasteiger partial charge in [-0.2, -0.15) is 0 Å². The molecule has 3 aromatic rings. The zero-order chi connectivity index (χ0) is 21.4. The molecule has 0 saturated carbocycles. The zero-order valence-corrected chi connectivity index (χ0v) is 16.9. The molecule has 0 bridgehead atoms. The number of halogens is 1. The van der Waals surface area contributed by atoms with Crippen molar-refractivity contribution >= 4 is 22.7 Å². The van der Waals surface area contributed by atoms with E-state index in [9.17, 15) is 14.0 Å². The molecule has 0 aliphatic carbocycles. The van der Waals surface area contributed by atoms with E-state index in [1.807, 2.05) is 13.8 Å². The number of pyridine rings is 1. The SMILES string of the molecule is CC(C)c1cc(C(=O)N2CCC[C@@H](c3nc4ccc(F)cc4cc3C(N)=O)C2)no1. The minimum Gasteiger partial charge on any atom is -0.366 e. The molecule has 30 heavy (non-hydrogen) atoms. The molecule has 8 heteroatoms. The summed E-state index contributed by atoms with van der Waals surface area (Å²) in [6.45, 7) is 4.91. The fourth-order valence-corrected chi connectivity index (χ4v) is 3.88. The molecule has 0 radical (unpaired) electrons. The number of amides is 2. The number of carbonyl (C=O) groups excluding carboxylic acids is 2. The van der Waals surface area contributed by atoms with Crippen molar-refractivity contribution in [1.82, 2.24) is 15.0 Å². The number of fused-ring (bicyclic) bond motifs is 1. The van der Waals surface area contributed by atoms with Crippen LogP contribution in [0.25, 0.3) is 10.9 Å². The van der Waals surface area contributed by atoms with Gasteiger partial charge in [-0.15, -0.1) is 0 Å². The third-order valence-electron chi connectivity index (χ3n) is 5.48. The predicted octanol–water partition coefficient (Wildman–Crippen LogP) is 3.60. The normalized spacial score (nSPS) is 16.9. The third-order valence-corrected chi connectivity index (χ3v) is 5.48. The van der Waals surface area contributed by atoms with Gasteiger partial charge in [-0.05, 0) is 37.1 Å². The summed E-state index contributed by atoms with van der Waals surface area (Å²) in [5.41, 5.74) is 7.25. The van der Waals surface area contributed by atoms with Crippen LogP contribution in [0.3, 0.4) is 0 Å². The summed E-state index contributed by atoms with van der Waals surface area (Å²) < 4.78 is 18.8. The lowest BCUT2D eigenvalue weighted by Crippen LogP contribution is -2.40. The summed E-state index contributed by atoms with van der Waals surface area (Å²) in [5, 5.41) is 4.43. The fraction of sp³-hybridized carbons (Fsp3) is 0.364. The van der Waals surface area contributed by atoms with E-state index in [1.165, 1.54) is 12.1 Å². The van der Waals surface area contributed by atoms with Gasteiger partial charge in [0, 0.05) is 36.4 Å². The van der Waals surface area contributed by atoms with Crippen molar-refractivity contribution in [1.29, 1.82) is 0 Å². The zero-order valence-electron chi connectivity index (χ0n) is 16.9. The molecule has 156 valence electrons. The Morgan fingerprint density at radius 2 is 2.07 bits per heavy atom. The van der Waals surface area contributed by atoms with Crippen molar-refractivity contribution in [2.75, 3.05) is 13.1 Å². The van der Waals surface area contributed by atoms with E-state index in [0.717, 1.165) is 12.8 Å². The lowest BCUT2D eigenvalue weighted by molar-refractivity contribution is 0.0695. The Hall–Kier alpha value is -3.29. The van der Waals surface area contributed by atoms with Crippen molar-refractivity contribution in [2.45, 2.75) is 38.5 Å². The molecule has 1 aliphatic heterocycles. The lowest BCUT2D eigenvalue weighted by atomic mass is 9.90. The Morgan fingerprint density at radius 3 is 2.77 bits per heavy atom. The number of nitrogens with two attached hydrogens (primary N) is 1. The average molecular weight is 410 g/mol. The summed E-state index contributed by atoms with van der Waals surface area (Å²) >= 11 is 0. The van der Waals surface area contributed by atoms with Gasteiger partial charge in [-0.1, -0.05) is 19.0 Å². The number of piperidine rings is 1. The largest absolute Gasteiger partial charge is 0.366 e. The second kappa shape index (κ2) is 7.85. The molecule has 0 unspecified atom stereocenters. The van der Waals surface area contributed by atoms with Gasteiger partial charge >= 0.3 is 0 Å². The van der Waals surface area contributed by atoms with Gasteiger partial charge in [0.25, 0.3) is 11.8 Å². The first-order chi connectivity index (χ1) is 14.3. The molecule has 0 spiro atoms. The van der Waals surface area contributed by atoms with Crippen LogP contribution in [-0.2, 0) is 0 Å². The number of carbonyl (C=O) groups is 2. The van der Waals surface area contributed by atoms with Crippen molar-refractivity contribution in [2.24, 2.45) is 5.73 Å². The standard InChI is InChI=1S/C22H23FN4O3/c1-12(2)19-10-18(26-30-19)22(29)27-7-3-4-13(11-27)20-16(21(24)28)9-14-8-15(23)5-6-17(14)25-20/h5-6,8-10,12-13H,3-4,7,11H2,1-2H3,(H2,24,28)/t13-/m1/s1. The van der Waals surface area contributed by atoms with Crippen LogP contribution in [0, 0.1) is 5.82 Å². The van der Waals surface area contributed by atoms with Gasteiger partial charge in [0.05, 0.1) is 16.8 Å². The van der Waals surface area contributed by atoms with Gasteiger partial charge in [0.2, 0.25) is 0 Å². The Kier molecular flexibility index (Phi) is 5.24. The highest BCUT2D eigenvalue weighted by atomic mass is 19.1. The topological polar surface area (TPSA) is 102 Å². The smallest absolute Gasteiger partial charge is 0.276 e. The maximum atomic E-state index is 13.6. The number of nitrogens with zero attached hydrogens (tertiary/aromatic N) is 3. The Labute approximate surface area is 173 Å². The molecule has 1 aliphatic rings. The van der Waals surface area contributed by atoms with E-state index in [4.69, 9.17) is 10.3 Å². The molecule has 4 rings (SSSR count). The Balaban J connectivity index is 1.64. The lowest BCUT2D eigenvalue weighted by Gasteiger charge is -2.32. The van der Waals surface area contributed by atoms with E-state index in [0.29, 0.717) is 35.4 Å². The number of aromatic nitrogens is 2. The number of benzene rings is 1. The van der Waals surface area contributed by atoms with E-state index in [2.05, 4.69) is 10.1 Å². The molecule has 1 atom stereocenters. The fourth-order valence-electron chi connectivity index (χ4n) is 3.88. The molecule has 3 heterocycles. The number of hydrogen-bond acceptors (Lipinski definition) is 5. The van der Waals surface area contributed by atoms with Gasteiger partial charge in [0.15, 0.2) is 5.69 Å². The summed E-state index contributed by atoms with van der Waals surface area (Å²) in [6.07, 6.45) is 1.52. The van der Waals surface area contributed by atoms with Crippen LogP contribution in [0.4, 0.5) is 4.39 Å². The molecule has 1 aromatic carbocycles. The van der Waals surface area contributed by atoms with Gasteiger partial charge in [-0.25, -0.2) is 4.39 Å². The van der Waals surface area contributed by atoms with E-state index in [1.54, 1.807) is 23.1 Å². The van der Waals surface area contributed by atoms with Gasteiger partial charge in [0.1, 0.15) is 11.6 Å². The molecular formula is C22H23FN4O3. The quantitative estimate of drug-likeness (QED) is 0.708. The second-order valence-electron chi connectivity index (χ2n) is 7.98. The molecule has 1 saturated heterocycles. The highest BCUT2D eigenvalue weighted by Gasteiger charge is 2.30. The molecule has 2 aromatic heterocycles. The van der Waals surface area contributed by atoms with Gasteiger partial charge < -0.3 is 15.2 Å². The van der Waals surface area contributed by atoms with E-state index in [-0.39, 0.29) is 29.0 Å². The molecular weight excluding hydrogens is 387 g/mol. The average Bonchev–Trinajstić information content (AvgIpc) is 3.23. The Bertz CT molecular complexity index is 1120. The second-order valence-corrected chi connectivity index (χ2v) is 7.98. The van der Waals surface area contributed by atoms with Crippen molar-refractivity contribution in [3.63, 3.8) is 0 Å². The van der Waals surface area contributed by atoms with Crippen LogP contribution in [0.15, 0.2) is 34.9 Å². The Morgan fingerprint density at radius 1 is 1.27 bits per heavy atom. The van der Waals surface area contributed by atoms with Crippen LogP contribution in [-0.4, -0.2) is 39.9 Å². The summed E-state index contributed by atoms with van der Waals surface area (Å²) in [4.78, 5) is 31.3. The van der Waals surface area contributed by atoms with Crippen molar-refractivity contribution < 1.29 is 18.5 Å². The van der Waals surface area contributed by atoms with Crippen LogP contribution < -0.4 is 5.73 Å². The number of hydrogen-bond donors (Lipinski definition) is 1. The predicted molar refractivity (Wildman–Crippen MR) is 109 cm³/mol. The number of rotatable bonds is 4. The first-order valence-electron chi connectivity index (χ1n) is 9.99. The van der Waals surface area contributed by atoms with Crippen LogP contribution in [0.2, 0.25) is 0 Å². The minimum absolute atomic E-state index is 0.137. The molecule has 1 fully saturated rings. The summed E-state index contributed by atoms with van der Waals surface area (Å²) in [6, 6.07) is 7.49. The van der Waals surface area contributed by atoms with Crippen LogP contribution in [0.5, 0.6) is 0 Å². The number of primary amides is 1. The third kappa shape index (κ3) is 3.77. The minimum atomic E-state index is -0.620. The monoisotopic (exact) mass is 410 g/mol. The van der Waals surface area contributed by atoms with Gasteiger partial charge in [-0.3, -0.25) is 14.6 Å². The summed E-state index contributed by atoms with van der Waals surface area (Å²) in [5.74, 6) is -0.597. The van der Waals surface area contributed by atoms with E-state index < -0.39 is 11.7 Å². The molecule has 7 nitrogen and oxygen atoms in total. The first-order valence-corrected chi connectivity index (χ1v) is 9.99. The highest BCUT2D eigenvalue weighted by molar-refractivity contribution is 5.98. The van der Waals surface area contributed by atoms with Crippen molar-refractivity contribution in [3.05, 3.63) is 58.9 Å². The highest BCUT2D eigenvalue weighted by Crippen LogP contribution is 2.31. The molecule has 2 N–H and O–H groups in total. The first kappa shape index (κ1) is 20.0. The van der Waals surface area contributed by atoms with Crippen LogP contribution in [0.1, 0.15) is 70.8 Å². The van der Waals surface area contributed by atoms with E-state index >= 15 is 0 Å².